The van der Waals surface area contributed by atoms with Gasteiger partial charge in [-0.3, -0.25) is 4.79 Å². The van der Waals surface area contributed by atoms with E-state index in [1.807, 2.05) is 28.8 Å². The lowest BCUT2D eigenvalue weighted by atomic mass is 10.2. The fourth-order valence-corrected chi connectivity index (χ4v) is 2.35. The van der Waals surface area contributed by atoms with Crippen molar-refractivity contribution in [2.45, 2.75) is 25.3 Å². The number of amides is 1. The SMILES string of the molecule is NC(=O)c1cn(Cc2ccccc2Cl)c(C2CC2)n1. The van der Waals surface area contributed by atoms with Crippen molar-refractivity contribution in [1.82, 2.24) is 9.55 Å². The quantitative estimate of drug-likeness (QED) is 0.932. The van der Waals surface area contributed by atoms with Crippen molar-refractivity contribution in [3.8, 4) is 0 Å². The largest absolute Gasteiger partial charge is 0.364 e. The van der Waals surface area contributed by atoms with Crippen LogP contribution in [0.4, 0.5) is 0 Å². The minimum atomic E-state index is -0.486. The number of aromatic nitrogens is 2. The van der Waals surface area contributed by atoms with Gasteiger partial charge in [-0.2, -0.15) is 0 Å². The molecule has 4 nitrogen and oxygen atoms in total. The zero-order chi connectivity index (χ0) is 13.4. The predicted octanol–water partition coefficient (Wildman–Crippen LogP) is 2.56. The second kappa shape index (κ2) is 4.70. The number of hydrogen-bond donors (Lipinski definition) is 1. The van der Waals surface area contributed by atoms with E-state index in [0.29, 0.717) is 18.2 Å². The number of carbonyl (C=O) groups is 1. The van der Waals surface area contributed by atoms with Crippen LogP contribution in [0.3, 0.4) is 0 Å². The molecule has 0 radical (unpaired) electrons. The Morgan fingerprint density at radius 3 is 2.79 bits per heavy atom. The molecule has 1 aromatic carbocycles. The van der Waals surface area contributed by atoms with Crippen molar-refractivity contribution < 1.29 is 4.79 Å². The summed E-state index contributed by atoms with van der Waals surface area (Å²) in [6.45, 7) is 0.617. The molecule has 0 atom stereocenters. The van der Waals surface area contributed by atoms with Crippen LogP contribution in [0.15, 0.2) is 30.5 Å². The van der Waals surface area contributed by atoms with Gasteiger partial charge in [0.05, 0.1) is 6.54 Å². The third-order valence-corrected chi connectivity index (χ3v) is 3.67. The normalized spacial score (nSPS) is 14.6. The summed E-state index contributed by atoms with van der Waals surface area (Å²) < 4.78 is 1.99. The van der Waals surface area contributed by atoms with Crippen LogP contribution in [0.2, 0.25) is 5.02 Å². The molecule has 1 heterocycles. The van der Waals surface area contributed by atoms with Crippen molar-refractivity contribution in [2.24, 2.45) is 5.73 Å². The molecule has 0 unspecified atom stereocenters. The lowest BCUT2D eigenvalue weighted by molar-refractivity contribution is 0.0996. The first kappa shape index (κ1) is 12.2. The minimum absolute atomic E-state index is 0.328. The Kier molecular flexibility index (Phi) is 3.03. The number of imidazole rings is 1. The molecule has 1 amide bonds. The number of rotatable bonds is 4. The number of nitrogens with two attached hydrogens (primary N) is 1. The molecule has 1 saturated carbocycles. The molecular weight excluding hydrogens is 262 g/mol. The van der Waals surface area contributed by atoms with Crippen molar-refractivity contribution in [2.75, 3.05) is 0 Å². The van der Waals surface area contributed by atoms with E-state index in [1.165, 1.54) is 0 Å². The summed E-state index contributed by atoms with van der Waals surface area (Å²) in [5, 5.41) is 0.721. The molecule has 0 saturated heterocycles. The van der Waals surface area contributed by atoms with Crippen LogP contribution < -0.4 is 5.73 Å². The average molecular weight is 276 g/mol. The van der Waals surface area contributed by atoms with Crippen LogP contribution in [-0.4, -0.2) is 15.5 Å². The van der Waals surface area contributed by atoms with E-state index in [0.717, 1.165) is 29.3 Å². The Bertz CT molecular complexity index is 631. The monoisotopic (exact) mass is 275 g/mol. The van der Waals surface area contributed by atoms with Gasteiger partial charge in [0.2, 0.25) is 0 Å². The van der Waals surface area contributed by atoms with Gasteiger partial charge in [-0.05, 0) is 24.5 Å². The van der Waals surface area contributed by atoms with Crippen LogP contribution >= 0.6 is 11.6 Å². The molecule has 5 heteroatoms. The van der Waals surface area contributed by atoms with Gasteiger partial charge in [0.1, 0.15) is 11.5 Å². The third-order valence-electron chi connectivity index (χ3n) is 3.30. The molecule has 1 aliphatic rings. The summed E-state index contributed by atoms with van der Waals surface area (Å²) in [6, 6.07) is 7.68. The van der Waals surface area contributed by atoms with E-state index < -0.39 is 5.91 Å². The molecule has 3 rings (SSSR count). The van der Waals surface area contributed by atoms with Gasteiger partial charge >= 0.3 is 0 Å². The average Bonchev–Trinajstić information content (AvgIpc) is 3.13. The Labute approximate surface area is 116 Å². The van der Waals surface area contributed by atoms with Crippen LogP contribution in [-0.2, 0) is 6.54 Å². The van der Waals surface area contributed by atoms with Gasteiger partial charge in [-0.1, -0.05) is 29.8 Å². The number of carbonyl (C=O) groups excluding carboxylic acids is 1. The molecule has 98 valence electrons. The summed E-state index contributed by atoms with van der Waals surface area (Å²) in [5.41, 5.74) is 6.64. The maximum atomic E-state index is 11.2. The number of hydrogen-bond acceptors (Lipinski definition) is 2. The molecule has 0 spiro atoms. The summed E-state index contributed by atoms with van der Waals surface area (Å²) >= 11 is 6.17. The zero-order valence-electron chi connectivity index (χ0n) is 10.3. The summed E-state index contributed by atoms with van der Waals surface area (Å²) in [4.78, 5) is 15.6. The minimum Gasteiger partial charge on any atom is -0.364 e. The van der Waals surface area contributed by atoms with Crippen molar-refractivity contribution in [3.63, 3.8) is 0 Å². The highest BCUT2D eigenvalue weighted by atomic mass is 35.5. The van der Waals surface area contributed by atoms with Gasteiger partial charge < -0.3 is 10.3 Å². The van der Waals surface area contributed by atoms with E-state index in [-0.39, 0.29) is 0 Å². The molecule has 1 aliphatic carbocycles. The maximum absolute atomic E-state index is 11.2. The van der Waals surface area contributed by atoms with E-state index in [1.54, 1.807) is 6.20 Å². The number of benzene rings is 1. The number of nitrogens with zero attached hydrogens (tertiary/aromatic N) is 2. The Morgan fingerprint density at radius 1 is 1.42 bits per heavy atom. The highest BCUT2D eigenvalue weighted by Gasteiger charge is 2.29. The first-order chi connectivity index (χ1) is 9.15. The predicted molar refractivity (Wildman–Crippen MR) is 73.3 cm³/mol. The van der Waals surface area contributed by atoms with Crippen LogP contribution in [0.1, 0.15) is 40.6 Å². The fraction of sp³-hybridized carbons (Fsp3) is 0.286. The van der Waals surface area contributed by atoms with E-state index in [9.17, 15) is 4.79 Å². The number of halogens is 1. The lowest BCUT2D eigenvalue weighted by Gasteiger charge is -2.08. The summed E-state index contributed by atoms with van der Waals surface area (Å²) in [5.74, 6) is 0.907. The molecule has 0 bridgehead atoms. The highest BCUT2D eigenvalue weighted by Crippen LogP contribution is 2.39. The second-order valence-electron chi connectivity index (χ2n) is 4.84. The molecule has 1 fully saturated rings. The number of primary amides is 1. The molecule has 0 aliphatic heterocycles. The van der Waals surface area contributed by atoms with Gasteiger partial charge in [0, 0.05) is 17.1 Å². The van der Waals surface area contributed by atoms with Crippen LogP contribution in [0.5, 0.6) is 0 Å². The van der Waals surface area contributed by atoms with Gasteiger partial charge in [-0.15, -0.1) is 0 Å². The first-order valence-corrected chi connectivity index (χ1v) is 6.63. The standard InChI is InChI=1S/C14H14ClN3O/c15-11-4-2-1-3-10(11)7-18-8-12(13(16)19)17-14(18)9-5-6-9/h1-4,8-9H,5-7H2,(H2,16,19). The highest BCUT2D eigenvalue weighted by molar-refractivity contribution is 6.31. The van der Waals surface area contributed by atoms with Gasteiger partial charge in [0.25, 0.3) is 5.91 Å². The second-order valence-corrected chi connectivity index (χ2v) is 5.25. The van der Waals surface area contributed by atoms with Crippen molar-refractivity contribution in [1.29, 1.82) is 0 Å². The molecular formula is C14H14ClN3O. The first-order valence-electron chi connectivity index (χ1n) is 6.25. The van der Waals surface area contributed by atoms with Gasteiger partial charge in [-0.25, -0.2) is 4.98 Å². The van der Waals surface area contributed by atoms with Crippen molar-refractivity contribution in [3.05, 3.63) is 52.6 Å². The summed E-state index contributed by atoms with van der Waals surface area (Å²) in [6.07, 6.45) is 3.97. The van der Waals surface area contributed by atoms with E-state index in [2.05, 4.69) is 4.98 Å². The zero-order valence-corrected chi connectivity index (χ0v) is 11.1. The summed E-state index contributed by atoms with van der Waals surface area (Å²) in [7, 11) is 0. The molecule has 1 aromatic heterocycles. The van der Waals surface area contributed by atoms with Gasteiger partial charge in [0.15, 0.2) is 0 Å². The molecule has 19 heavy (non-hydrogen) atoms. The van der Waals surface area contributed by atoms with Crippen LogP contribution in [0, 0.1) is 0 Å². The topological polar surface area (TPSA) is 60.9 Å². The smallest absolute Gasteiger partial charge is 0.268 e. The molecule has 2 aromatic rings. The Balaban J connectivity index is 1.95. The fourth-order valence-electron chi connectivity index (χ4n) is 2.15. The van der Waals surface area contributed by atoms with Crippen molar-refractivity contribution >= 4 is 17.5 Å². The Hall–Kier alpha value is -1.81. The molecule has 2 N–H and O–H groups in total. The van der Waals surface area contributed by atoms with E-state index >= 15 is 0 Å². The Morgan fingerprint density at radius 2 is 2.16 bits per heavy atom. The maximum Gasteiger partial charge on any atom is 0.268 e. The lowest BCUT2D eigenvalue weighted by Crippen LogP contribution is -2.11. The third kappa shape index (κ3) is 2.49. The van der Waals surface area contributed by atoms with E-state index in [4.69, 9.17) is 17.3 Å². The van der Waals surface area contributed by atoms with Crippen LogP contribution in [0.25, 0.3) is 0 Å².